The maximum Gasteiger partial charge on any atom is 0.161 e. The Labute approximate surface area is 78.0 Å². The highest BCUT2D eigenvalue weighted by Crippen LogP contribution is 2.30. The van der Waals surface area contributed by atoms with Crippen LogP contribution in [0.25, 0.3) is 0 Å². The smallest absolute Gasteiger partial charge is 0.161 e. The van der Waals surface area contributed by atoms with Crippen molar-refractivity contribution in [1.29, 1.82) is 0 Å². The van der Waals surface area contributed by atoms with Crippen LogP contribution in [0.15, 0.2) is 12.1 Å². The second-order valence-electron chi connectivity index (χ2n) is 2.92. The SMILES string of the molecule is Bc1c(OC)ccc2c1OCCO2. The lowest BCUT2D eigenvalue weighted by molar-refractivity contribution is 0.172. The van der Waals surface area contributed by atoms with Gasteiger partial charge in [0, 0.05) is 0 Å². The van der Waals surface area contributed by atoms with Crippen molar-refractivity contribution >= 4 is 13.3 Å². The average Bonchev–Trinajstić information content (AvgIpc) is 2.19. The molecular formula is C9H11BO3. The molecule has 0 spiro atoms. The molecule has 4 heteroatoms. The van der Waals surface area contributed by atoms with Crippen LogP contribution in [0, 0.1) is 0 Å². The molecule has 1 aromatic rings. The summed E-state index contributed by atoms with van der Waals surface area (Å²) in [5.41, 5.74) is 1.000. The number of methoxy groups -OCH3 is 1. The molecule has 0 aliphatic carbocycles. The summed E-state index contributed by atoms with van der Waals surface area (Å²) in [4.78, 5) is 0. The summed E-state index contributed by atoms with van der Waals surface area (Å²) in [7, 11) is 3.62. The van der Waals surface area contributed by atoms with E-state index < -0.39 is 0 Å². The molecule has 0 N–H and O–H groups in total. The molecule has 2 rings (SSSR count). The average molecular weight is 178 g/mol. The van der Waals surface area contributed by atoms with E-state index in [0.29, 0.717) is 13.2 Å². The van der Waals surface area contributed by atoms with Gasteiger partial charge >= 0.3 is 0 Å². The molecule has 13 heavy (non-hydrogen) atoms. The van der Waals surface area contributed by atoms with E-state index in [1.54, 1.807) is 7.11 Å². The van der Waals surface area contributed by atoms with Gasteiger partial charge in [0.05, 0.1) is 7.11 Å². The maximum atomic E-state index is 5.49. The monoisotopic (exact) mass is 178 g/mol. The Morgan fingerprint density at radius 2 is 2.08 bits per heavy atom. The van der Waals surface area contributed by atoms with Gasteiger partial charge in [-0.1, -0.05) is 0 Å². The normalized spacial score (nSPS) is 13.9. The number of rotatable bonds is 1. The van der Waals surface area contributed by atoms with E-state index in [9.17, 15) is 0 Å². The first-order valence-electron chi connectivity index (χ1n) is 4.26. The van der Waals surface area contributed by atoms with Crippen molar-refractivity contribution in [3.63, 3.8) is 0 Å². The summed E-state index contributed by atoms with van der Waals surface area (Å²) in [6, 6.07) is 3.77. The third kappa shape index (κ3) is 1.32. The van der Waals surface area contributed by atoms with E-state index in [1.165, 1.54) is 0 Å². The van der Waals surface area contributed by atoms with Gasteiger partial charge in [-0.25, -0.2) is 0 Å². The van der Waals surface area contributed by atoms with E-state index in [4.69, 9.17) is 14.2 Å². The van der Waals surface area contributed by atoms with Crippen LogP contribution in [-0.2, 0) is 0 Å². The molecule has 1 aliphatic heterocycles. The van der Waals surface area contributed by atoms with Gasteiger partial charge in [-0.3, -0.25) is 0 Å². The van der Waals surface area contributed by atoms with E-state index in [1.807, 2.05) is 20.0 Å². The third-order valence-corrected chi connectivity index (χ3v) is 2.13. The molecule has 0 amide bonds. The quantitative estimate of drug-likeness (QED) is 0.553. The van der Waals surface area contributed by atoms with Gasteiger partial charge < -0.3 is 14.2 Å². The fourth-order valence-electron chi connectivity index (χ4n) is 1.46. The zero-order chi connectivity index (χ0) is 9.26. The summed E-state index contributed by atoms with van der Waals surface area (Å²) in [6.07, 6.45) is 0. The van der Waals surface area contributed by atoms with Gasteiger partial charge in [0.1, 0.15) is 26.8 Å². The second-order valence-corrected chi connectivity index (χ2v) is 2.92. The first kappa shape index (κ1) is 8.29. The number of hydrogen-bond acceptors (Lipinski definition) is 3. The Morgan fingerprint density at radius 1 is 1.31 bits per heavy atom. The van der Waals surface area contributed by atoms with Crippen molar-refractivity contribution in [2.75, 3.05) is 20.3 Å². The van der Waals surface area contributed by atoms with Crippen LogP contribution in [0.3, 0.4) is 0 Å². The van der Waals surface area contributed by atoms with Crippen molar-refractivity contribution in [3.8, 4) is 17.2 Å². The van der Waals surface area contributed by atoms with Crippen molar-refractivity contribution in [1.82, 2.24) is 0 Å². The minimum Gasteiger partial charge on any atom is -0.497 e. The van der Waals surface area contributed by atoms with E-state index in [2.05, 4.69) is 0 Å². The summed E-state index contributed by atoms with van der Waals surface area (Å²) in [6.45, 7) is 1.24. The predicted octanol–water partition coefficient (Wildman–Crippen LogP) is -0.275. The lowest BCUT2D eigenvalue weighted by atomic mass is 9.93. The van der Waals surface area contributed by atoms with Gasteiger partial charge in [0.2, 0.25) is 0 Å². The van der Waals surface area contributed by atoms with Gasteiger partial charge in [-0.2, -0.15) is 0 Å². The van der Waals surface area contributed by atoms with Crippen LogP contribution in [-0.4, -0.2) is 28.2 Å². The standard InChI is InChI=1S/C9H11BO3/c1-11-6-2-3-7-9(8(6)10)13-5-4-12-7/h2-3H,4-5,10H2,1H3. The van der Waals surface area contributed by atoms with Crippen LogP contribution in [0.4, 0.5) is 0 Å². The Hall–Kier alpha value is -1.32. The lowest BCUT2D eigenvalue weighted by Crippen LogP contribution is -2.22. The zero-order valence-electron chi connectivity index (χ0n) is 7.79. The van der Waals surface area contributed by atoms with Crippen molar-refractivity contribution in [2.45, 2.75) is 0 Å². The molecule has 0 radical (unpaired) electrons. The van der Waals surface area contributed by atoms with Gasteiger partial charge in [-0.15, -0.1) is 0 Å². The molecule has 0 saturated heterocycles. The van der Waals surface area contributed by atoms with E-state index in [0.717, 1.165) is 22.7 Å². The van der Waals surface area contributed by atoms with Gasteiger partial charge in [-0.05, 0) is 17.6 Å². The molecule has 0 atom stereocenters. The highest BCUT2D eigenvalue weighted by Gasteiger charge is 2.16. The van der Waals surface area contributed by atoms with Crippen molar-refractivity contribution in [2.24, 2.45) is 0 Å². The molecule has 0 bridgehead atoms. The fourth-order valence-corrected chi connectivity index (χ4v) is 1.46. The molecule has 0 unspecified atom stereocenters. The Kier molecular flexibility index (Phi) is 2.04. The van der Waals surface area contributed by atoms with Crippen molar-refractivity contribution < 1.29 is 14.2 Å². The zero-order valence-corrected chi connectivity index (χ0v) is 7.79. The van der Waals surface area contributed by atoms with Crippen LogP contribution in [0.5, 0.6) is 17.2 Å². The van der Waals surface area contributed by atoms with E-state index in [-0.39, 0.29) is 0 Å². The highest BCUT2D eigenvalue weighted by molar-refractivity contribution is 6.36. The molecule has 1 aromatic carbocycles. The number of benzene rings is 1. The minimum atomic E-state index is 0.612. The molecular weight excluding hydrogens is 167 g/mol. The molecule has 3 nitrogen and oxygen atoms in total. The summed E-state index contributed by atoms with van der Waals surface area (Å²) < 4.78 is 16.1. The number of fused-ring (bicyclic) bond motifs is 1. The molecule has 1 aliphatic rings. The Balaban J connectivity index is 2.48. The molecule has 0 aromatic heterocycles. The van der Waals surface area contributed by atoms with Crippen LogP contribution in [0.2, 0.25) is 0 Å². The summed E-state index contributed by atoms with van der Waals surface area (Å²) >= 11 is 0. The topological polar surface area (TPSA) is 27.7 Å². The first-order valence-corrected chi connectivity index (χ1v) is 4.26. The largest absolute Gasteiger partial charge is 0.497 e. The van der Waals surface area contributed by atoms with Crippen LogP contribution >= 0.6 is 0 Å². The number of ether oxygens (including phenoxy) is 3. The lowest BCUT2D eigenvalue weighted by Gasteiger charge is -2.21. The maximum absolute atomic E-state index is 5.49. The Bertz CT molecular complexity index is 325. The molecule has 0 saturated carbocycles. The van der Waals surface area contributed by atoms with Gasteiger partial charge in [0.25, 0.3) is 0 Å². The van der Waals surface area contributed by atoms with E-state index >= 15 is 0 Å². The number of hydrogen-bond donors (Lipinski definition) is 0. The third-order valence-electron chi connectivity index (χ3n) is 2.13. The minimum absolute atomic E-state index is 0.612. The highest BCUT2D eigenvalue weighted by atomic mass is 16.6. The summed E-state index contributed by atoms with van der Waals surface area (Å²) in [5, 5.41) is 0. The molecule has 1 heterocycles. The summed E-state index contributed by atoms with van der Waals surface area (Å²) in [5.74, 6) is 2.46. The van der Waals surface area contributed by atoms with Gasteiger partial charge in [0.15, 0.2) is 11.5 Å². The second kappa shape index (κ2) is 3.20. The van der Waals surface area contributed by atoms with Crippen LogP contribution in [0.1, 0.15) is 0 Å². The molecule has 68 valence electrons. The first-order chi connectivity index (χ1) is 6.33. The van der Waals surface area contributed by atoms with Crippen LogP contribution < -0.4 is 19.7 Å². The van der Waals surface area contributed by atoms with Crippen molar-refractivity contribution in [3.05, 3.63) is 12.1 Å². The fraction of sp³-hybridized carbons (Fsp3) is 0.333. The molecule has 0 fully saturated rings. The Morgan fingerprint density at radius 3 is 2.85 bits per heavy atom. The predicted molar refractivity (Wildman–Crippen MR) is 52.2 cm³/mol.